The maximum absolute atomic E-state index is 10.1. The predicted octanol–water partition coefficient (Wildman–Crippen LogP) is -0.0655. The average molecular weight is 508 g/mol. The van der Waals surface area contributed by atoms with Crippen LogP contribution in [-0.4, -0.2) is 17.9 Å². The van der Waals surface area contributed by atoms with E-state index in [1.165, 1.54) is 0 Å². The fourth-order valence-electron chi connectivity index (χ4n) is 2.29. The zero-order valence-electron chi connectivity index (χ0n) is 16.6. The third-order valence-corrected chi connectivity index (χ3v) is 3.57. The summed E-state index contributed by atoms with van der Waals surface area (Å²) in [7, 11) is 0. The van der Waals surface area contributed by atoms with E-state index in [1.54, 1.807) is 72.8 Å². The van der Waals surface area contributed by atoms with E-state index in [4.69, 9.17) is 0 Å². The van der Waals surface area contributed by atoms with Gasteiger partial charge in [-0.15, -0.1) is 0 Å². The van der Waals surface area contributed by atoms with Crippen LogP contribution in [0.25, 0.3) is 0 Å². The Hall–Kier alpha value is -3.31. The minimum Gasteiger partial charge on any atom is -0.550 e. The molecule has 6 nitrogen and oxygen atoms in total. The molecule has 0 N–H and O–H groups in total. The van der Waals surface area contributed by atoms with Crippen LogP contribution >= 0.6 is 0 Å². The van der Waals surface area contributed by atoms with Crippen LogP contribution in [0.5, 0.6) is 0 Å². The summed E-state index contributed by atoms with van der Waals surface area (Å²) in [6.07, 6.45) is 0.00250. The number of rotatable bonds is 6. The Morgan fingerprint density at radius 1 is 0.452 bits per heavy atom. The van der Waals surface area contributed by atoms with Crippen molar-refractivity contribution in [3.63, 3.8) is 0 Å². The first-order chi connectivity index (χ1) is 14.4. The topological polar surface area (TPSA) is 120 Å². The third kappa shape index (κ3) is 15.2. The smallest absolute Gasteiger partial charge is 0.550 e. The van der Waals surface area contributed by atoms with Crippen LogP contribution in [0.1, 0.15) is 16.7 Å². The first-order valence-corrected chi connectivity index (χ1v) is 9.08. The molecular weight excluding hydrogens is 487 g/mol. The second-order valence-corrected chi connectivity index (χ2v) is 6.10. The normalized spacial score (nSPS) is 8.90. The fourth-order valence-corrected chi connectivity index (χ4v) is 2.29. The molecule has 162 valence electrons. The van der Waals surface area contributed by atoms with E-state index >= 15 is 0 Å². The van der Waals surface area contributed by atoms with Gasteiger partial charge in [0, 0.05) is 37.2 Å². The number of carbonyl (C=O) groups excluding carboxylic acids is 3. The van der Waals surface area contributed by atoms with E-state index in [9.17, 15) is 29.7 Å². The third-order valence-electron chi connectivity index (χ3n) is 3.57. The Kier molecular flexibility index (Phi) is 14.7. The van der Waals surface area contributed by atoms with E-state index in [0.717, 1.165) is 16.7 Å². The first kappa shape index (κ1) is 27.7. The molecule has 0 atom stereocenters. The molecule has 0 aromatic heterocycles. The van der Waals surface area contributed by atoms with Crippen LogP contribution < -0.4 is 15.3 Å². The quantitative estimate of drug-likeness (QED) is 0.430. The Morgan fingerprint density at radius 2 is 0.645 bits per heavy atom. The zero-order chi connectivity index (χ0) is 22.2. The van der Waals surface area contributed by atoms with Crippen molar-refractivity contribution in [1.82, 2.24) is 0 Å². The zero-order valence-corrected chi connectivity index (χ0v) is 18.2. The Bertz CT molecular complexity index is 777. The summed E-state index contributed by atoms with van der Waals surface area (Å²) in [6.45, 7) is 0. The number of hydrogen-bond donors (Lipinski definition) is 0. The molecular formula is C24H21O6Rh. The van der Waals surface area contributed by atoms with Gasteiger partial charge < -0.3 is 29.7 Å². The van der Waals surface area contributed by atoms with Crippen LogP contribution in [0, 0.1) is 0 Å². The van der Waals surface area contributed by atoms with Gasteiger partial charge in [-0.1, -0.05) is 91.0 Å². The van der Waals surface area contributed by atoms with Crippen LogP contribution in [0.15, 0.2) is 91.0 Å². The molecule has 0 aliphatic heterocycles. The monoisotopic (exact) mass is 508 g/mol. The summed E-state index contributed by atoms with van der Waals surface area (Å²) in [6, 6.07) is 26.9. The summed E-state index contributed by atoms with van der Waals surface area (Å²) in [4.78, 5) is 30.2. The van der Waals surface area contributed by atoms with Gasteiger partial charge in [-0.2, -0.15) is 0 Å². The second kappa shape index (κ2) is 16.5. The predicted molar refractivity (Wildman–Crippen MR) is 105 cm³/mol. The number of benzene rings is 3. The molecule has 3 aromatic carbocycles. The standard InChI is InChI=1S/3C8H8O2.Rh/c3*9-8(10)6-7-4-2-1-3-5-7;/h3*1-5H,6H2,(H,9,10);/q;;;+3/p-3. The summed E-state index contributed by atoms with van der Waals surface area (Å²) >= 11 is 0. The van der Waals surface area contributed by atoms with Gasteiger partial charge in [0.1, 0.15) is 0 Å². The summed E-state index contributed by atoms with van der Waals surface area (Å²) in [5.41, 5.74) is 2.34. The van der Waals surface area contributed by atoms with E-state index in [1.807, 2.05) is 18.2 Å². The van der Waals surface area contributed by atoms with Crippen LogP contribution in [0.3, 0.4) is 0 Å². The van der Waals surface area contributed by atoms with E-state index in [0.29, 0.717) is 0 Å². The molecule has 3 aromatic rings. The van der Waals surface area contributed by atoms with E-state index in [2.05, 4.69) is 0 Å². The molecule has 31 heavy (non-hydrogen) atoms. The Morgan fingerprint density at radius 3 is 0.806 bits per heavy atom. The number of aliphatic carboxylic acids is 3. The van der Waals surface area contributed by atoms with Gasteiger partial charge in [0.05, 0.1) is 0 Å². The van der Waals surface area contributed by atoms with E-state index < -0.39 is 17.9 Å². The molecule has 0 radical (unpaired) electrons. The SMILES string of the molecule is O=C([O-])Cc1ccccc1.O=C([O-])Cc1ccccc1.O=C([O-])Cc1ccccc1.[Rh+3]. The molecule has 0 aliphatic rings. The van der Waals surface area contributed by atoms with Gasteiger partial charge >= 0.3 is 19.5 Å². The van der Waals surface area contributed by atoms with Gasteiger partial charge in [-0.25, -0.2) is 0 Å². The van der Waals surface area contributed by atoms with Crippen molar-refractivity contribution in [2.24, 2.45) is 0 Å². The van der Waals surface area contributed by atoms with E-state index in [-0.39, 0.29) is 38.7 Å². The van der Waals surface area contributed by atoms with Crippen molar-refractivity contribution in [3.8, 4) is 0 Å². The molecule has 0 saturated heterocycles. The summed E-state index contributed by atoms with van der Waals surface area (Å²) in [5.74, 6) is -3.11. The number of carbonyl (C=O) groups is 3. The minimum atomic E-state index is -1.04. The number of carboxylic acid groups (broad SMARTS) is 3. The molecule has 0 spiro atoms. The molecule has 0 saturated carbocycles. The van der Waals surface area contributed by atoms with Crippen molar-refractivity contribution >= 4 is 17.9 Å². The van der Waals surface area contributed by atoms with Crippen molar-refractivity contribution in [3.05, 3.63) is 108 Å². The van der Waals surface area contributed by atoms with Crippen LogP contribution in [-0.2, 0) is 53.1 Å². The maximum Gasteiger partial charge on any atom is 3.00 e. The minimum absolute atomic E-state index is 0. The van der Waals surface area contributed by atoms with Gasteiger partial charge in [0.2, 0.25) is 0 Å². The molecule has 0 heterocycles. The van der Waals surface area contributed by atoms with Gasteiger partial charge in [-0.3, -0.25) is 0 Å². The van der Waals surface area contributed by atoms with Crippen LogP contribution in [0.4, 0.5) is 0 Å². The molecule has 3 rings (SSSR count). The molecule has 0 bridgehead atoms. The van der Waals surface area contributed by atoms with Crippen molar-refractivity contribution in [2.45, 2.75) is 19.3 Å². The average Bonchev–Trinajstić information content (AvgIpc) is 2.70. The fraction of sp³-hybridized carbons (Fsp3) is 0.125. The van der Waals surface area contributed by atoms with Gasteiger partial charge in [0.25, 0.3) is 0 Å². The van der Waals surface area contributed by atoms with Crippen LogP contribution in [0.2, 0.25) is 0 Å². The molecule has 7 heteroatoms. The molecule has 0 aliphatic carbocycles. The maximum atomic E-state index is 10.1. The van der Waals surface area contributed by atoms with Gasteiger partial charge in [-0.05, 0) is 16.7 Å². The summed E-state index contributed by atoms with van der Waals surface area (Å²) < 4.78 is 0. The second-order valence-electron chi connectivity index (χ2n) is 6.10. The molecule has 0 fully saturated rings. The first-order valence-electron chi connectivity index (χ1n) is 9.08. The summed E-state index contributed by atoms with van der Waals surface area (Å²) in [5, 5.41) is 30.2. The molecule has 0 amide bonds. The largest absolute Gasteiger partial charge is 3.00 e. The Labute approximate surface area is 193 Å². The van der Waals surface area contributed by atoms with Crippen molar-refractivity contribution < 1.29 is 49.2 Å². The van der Waals surface area contributed by atoms with Crippen molar-refractivity contribution in [1.29, 1.82) is 0 Å². The Balaban J connectivity index is 0.000000429. The molecule has 0 unspecified atom stereocenters. The number of hydrogen-bond acceptors (Lipinski definition) is 6. The van der Waals surface area contributed by atoms with Crippen molar-refractivity contribution in [2.75, 3.05) is 0 Å². The number of carboxylic acids is 3. The van der Waals surface area contributed by atoms with Gasteiger partial charge in [0.15, 0.2) is 0 Å².